The zero-order valence-electron chi connectivity index (χ0n) is 6.50. The Hall–Kier alpha value is 0.467. The summed E-state index contributed by atoms with van der Waals surface area (Å²) in [5.41, 5.74) is 0. The van der Waals surface area contributed by atoms with Crippen molar-refractivity contribution in [1.29, 1.82) is 0 Å². The van der Waals surface area contributed by atoms with Crippen LogP contribution in [0.15, 0.2) is 0 Å². The normalized spacial score (nSPS) is 12.0. The van der Waals surface area contributed by atoms with Crippen LogP contribution in [0.2, 0.25) is 19.6 Å². The van der Waals surface area contributed by atoms with Gasteiger partial charge in [0.05, 0.1) is 0 Å². The Morgan fingerprint density at radius 2 is 1.89 bits per heavy atom. The summed E-state index contributed by atoms with van der Waals surface area (Å²) in [7, 11) is -1.00. The Morgan fingerprint density at radius 1 is 1.33 bits per heavy atom. The number of hydrogen-bond acceptors (Lipinski definition) is 1. The molecule has 1 N–H and O–H groups in total. The lowest BCUT2D eigenvalue weighted by atomic mass is 10.5. The van der Waals surface area contributed by atoms with E-state index in [2.05, 4.69) is 24.6 Å². The Kier molecular flexibility index (Phi) is 4.53. The molecule has 1 nitrogen and oxygen atoms in total. The summed E-state index contributed by atoms with van der Waals surface area (Å²) in [6.45, 7) is 7.96. The predicted molar refractivity (Wildman–Crippen MR) is 46.7 cm³/mol. The summed E-state index contributed by atoms with van der Waals surface area (Å²) >= 11 is 5.51. The SMILES string of the molecule is C[Si](C)(C)NCCCCl. The molecular weight excluding hydrogens is 150 g/mol. The molecule has 0 heterocycles. The average molecular weight is 166 g/mol. The van der Waals surface area contributed by atoms with Crippen LogP contribution >= 0.6 is 11.6 Å². The molecule has 3 heteroatoms. The van der Waals surface area contributed by atoms with Gasteiger partial charge in [0.2, 0.25) is 0 Å². The topological polar surface area (TPSA) is 12.0 Å². The second kappa shape index (κ2) is 4.31. The van der Waals surface area contributed by atoms with E-state index >= 15 is 0 Å². The molecule has 0 aromatic heterocycles. The van der Waals surface area contributed by atoms with E-state index in [0.717, 1.165) is 18.8 Å². The average Bonchev–Trinajstić information content (AvgIpc) is 1.63. The second-order valence-corrected chi connectivity index (χ2v) is 8.45. The van der Waals surface area contributed by atoms with Gasteiger partial charge in [-0.25, -0.2) is 0 Å². The van der Waals surface area contributed by atoms with E-state index in [4.69, 9.17) is 11.6 Å². The molecule has 0 saturated heterocycles. The smallest absolute Gasteiger partial charge is 0.116 e. The fourth-order valence-corrected chi connectivity index (χ4v) is 1.59. The molecule has 0 fully saturated rings. The molecule has 0 saturated carbocycles. The highest BCUT2D eigenvalue weighted by molar-refractivity contribution is 6.73. The van der Waals surface area contributed by atoms with Gasteiger partial charge in [0.25, 0.3) is 0 Å². The van der Waals surface area contributed by atoms with Crippen molar-refractivity contribution in [2.45, 2.75) is 26.1 Å². The van der Waals surface area contributed by atoms with Gasteiger partial charge in [0, 0.05) is 5.88 Å². The maximum absolute atomic E-state index is 5.51. The fourth-order valence-electron chi connectivity index (χ4n) is 0.530. The van der Waals surface area contributed by atoms with Crippen LogP contribution in [0.4, 0.5) is 0 Å². The van der Waals surface area contributed by atoms with Gasteiger partial charge in [0.1, 0.15) is 8.24 Å². The van der Waals surface area contributed by atoms with Crippen LogP contribution in [0.3, 0.4) is 0 Å². The highest BCUT2D eigenvalue weighted by Gasteiger charge is 2.09. The maximum Gasteiger partial charge on any atom is 0.116 e. The van der Waals surface area contributed by atoms with Crippen LogP contribution in [-0.4, -0.2) is 20.7 Å². The third-order valence-electron chi connectivity index (χ3n) is 0.966. The molecular formula is C6H16ClNSi. The molecule has 0 aromatic rings. The van der Waals surface area contributed by atoms with Crippen LogP contribution in [0, 0.1) is 0 Å². The van der Waals surface area contributed by atoms with Gasteiger partial charge in [-0.05, 0) is 13.0 Å². The molecule has 0 atom stereocenters. The van der Waals surface area contributed by atoms with Crippen molar-refractivity contribution in [3.05, 3.63) is 0 Å². The molecule has 0 aliphatic carbocycles. The zero-order valence-corrected chi connectivity index (χ0v) is 8.26. The minimum absolute atomic E-state index is 0.775. The first kappa shape index (κ1) is 9.47. The molecule has 0 aliphatic heterocycles. The van der Waals surface area contributed by atoms with Crippen molar-refractivity contribution >= 4 is 19.8 Å². The molecule has 0 aliphatic rings. The molecule has 9 heavy (non-hydrogen) atoms. The summed E-state index contributed by atoms with van der Waals surface area (Å²) in [5.74, 6) is 0.775. The lowest BCUT2D eigenvalue weighted by Crippen LogP contribution is -2.41. The maximum atomic E-state index is 5.51. The predicted octanol–water partition coefficient (Wildman–Crippen LogP) is 2.04. The molecule has 0 radical (unpaired) electrons. The molecule has 0 aromatic carbocycles. The molecule has 0 unspecified atom stereocenters. The monoisotopic (exact) mass is 165 g/mol. The number of rotatable bonds is 4. The van der Waals surface area contributed by atoms with Crippen LogP contribution in [-0.2, 0) is 0 Å². The highest BCUT2D eigenvalue weighted by atomic mass is 35.5. The summed E-state index contributed by atoms with van der Waals surface area (Å²) < 4.78 is 0. The number of alkyl halides is 1. The van der Waals surface area contributed by atoms with Gasteiger partial charge >= 0.3 is 0 Å². The quantitative estimate of drug-likeness (QED) is 0.382. The highest BCUT2D eigenvalue weighted by Crippen LogP contribution is 1.93. The van der Waals surface area contributed by atoms with E-state index in [1.165, 1.54) is 0 Å². The van der Waals surface area contributed by atoms with Crippen LogP contribution in [0.5, 0.6) is 0 Å². The van der Waals surface area contributed by atoms with E-state index in [-0.39, 0.29) is 0 Å². The second-order valence-electron chi connectivity index (χ2n) is 3.22. The summed E-state index contributed by atoms with van der Waals surface area (Å²) in [4.78, 5) is 3.48. The van der Waals surface area contributed by atoms with E-state index < -0.39 is 8.24 Å². The van der Waals surface area contributed by atoms with Gasteiger partial charge < -0.3 is 4.98 Å². The van der Waals surface area contributed by atoms with E-state index in [1.807, 2.05) is 0 Å². The van der Waals surface area contributed by atoms with Gasteiger partial charge in [-0.1, -0.05) is 19.6 Å². The number of hydrogen-bond donors (Lipinski definition) is 1. The third-order valence-corrected chi connectivity index (χ3v) is 2.54. The van der Waals surface area contributed by atoms with Gasteiger partial charge in [-0.2, -0.15) is 0 Å². The van der Waals surface area contributed by atoms with Gasteiger partial charge in [0.15, 0.2) is 0 Å². The van der Waals surface area contributed by atoms with E-state index in [9.17, 15) is 0 Å². The number of nitrogens with one attached hydrogen (secondary N) is 1. The van der Waals surface area contributed by atoms with Crippen molar-refractivity contribution in [3.8, 4) is 0 Å². The first-order chi connectivity index (χ1) is 4.06. The molecule has 0 spiro atoms. The minimum Gasteiger partial charge on any atom is -0.337 e. The van der Waals surface area contributed by atoms with Crippen LogP contribution in [0.25, 0.3) is 0 Å². The number of halogens is 1. The Morgan fingerprint density at radius 3 is 2.22 bits per heavy atom. The van der Waals surface area contributed by atoms with Crippen molar-refractivity contribution in [3.63, 3.8) is 0 Å². The lowest BCUT2D eigenvalue weighted by molar-refractivity contribution is 0.846. The van der Waals surface area contributed by atoms with Gasteiger partial charge in [-0.15, -0.1) is 11.6 Å². The van der Waals surface area contributed by atoms with E-state index in [0.29, 0.717) is 0 Å². The summed E-state index contributed by atoms with van der Waals surface area (Å²) in [5, 5.41) is 0. The molecule has 56 valence electrons. The van der Waals surface area contributed by atoms with Crippen molar-refractivity contribution in [2.75, 3.05) is 12.4 Å². The first-order valence-corrected chi connectivity index (χ1v) is 7.41. The fraction of sp³-hybridized carbons (Fsp3) is 1.00. The Bertz CT molecular complexity index is 69.9. The molecule has 0 amide bonds. The largest absolute Gasteiger partial charge is 0.337 e. The third kappa shape index (κ3) is 8.47. The van der Waals surface area contributed by atoms with Gasteiger partial charge in [-0.3, -0.25) is 0 Å². The van der Waals surface area contributed by atoms with Crippen LogP contribution < -0.4 is 4.98 Å². The first-order valence-electron chi connectivity index (χ1n) is 3.37. The van der Waals surface area contributed by atoms with Crippen LogP contribution in [0.1, 0.15) is 6.42 Å². The van der Waals surface area contributed by atoms with E-state index in [1.54, 1.807) is 0 Å². The van der Waals surface area contributed by atoms with Crippen molar-refractivity contribution in [1.82, 2.24) is 4.98 Å². The molecule has 0 rings (SSSR count). The lowest BCUT2D eigenvalue weighted by Gasteiger charge is -2.16. The van der Waals surface area contributed by atoms with Crippen molar-refractivity contribution in [2.24, 2.45) is 0 Å². The van der Waals surface area contributed by atoms with Crippen molar-refractivity contribution < 1.29 is 0 Å². The minimum atomic E-state index is -1.00. The Balaban J connectivity index is 3.07. The summed E-state index contributed by atoms with van der Waals surface area (Å²) in [6, 6.07) is 0. The molecule has 0 bridgehead atoms. The Labute approximate surface area is 63.9 Å². The summed E-state index contributed by atoms with van der Waals surface area (Å²) in [6.07, 6.45) is 1.09. The standard InChI is InChI=1S/C6H16ClNSi/c1-9(2,3)8-6-4-5-7/h8H,4-6H2,1-3H3. The zero-order chi connectivity index (χ0) is 7.33.